The summed E-state index contributed by atoms with van der Waals surface area (Å²) in [5.41, 5.74) is 4.81. The van der Waals surface area contributed by atoms with Crippen LogP contribution in [-0.4, -0.2) is 38.4 Å². The maximum atomic E-state index is 13.5. The van der Waals surface area contributed by atoms with Gasteiger partial charge in [0.1, 0.15) is 11.5 Å². The minimum absolute atomic E-state index is 0.0201. The number of piperidine rings is 1. The van der Waals surface area contributed by atoms with Gasteiger partial charge >= 0.3 is 0 Å². The summed E-state index contributed by atoms with van der Waals surface area (Å²) in [4.78, 5) is 42.3. The second-order valence-electron chi connectivity index (χ2n) is 11.7. The summed E-state index contributed by atoms with van der Waals surface area (Å²) in [5.74, 6) is 1.27. The molecular formula is C33H37ClN6O2. The number of nitrogens with zero attached hydrogens (tertiary/aromatic N) is 5. The quantitative estimate of drug-likeness (QED) is 0.181. The number of carbonyl (C=O) groups is 1. The van der Waals surface area contributed by atoms with E-state index in [9.17, 15) is 9.59 Å². The molecule has 6 rings (SSSR count). The molecule has 1 aromatic carbocycles. The van der Waals surface area contributed by atoms with Gasteiger partial charge in [0, 0.05) is 42.6 Å². The maximum Gasteiger partial charge on any atom is 0.263 e. The zero-order valence-electron chi connectivity index (χ0n) is 24.4. The molecule has 4 heterocycles. The average molecular weight is 585 g/mol. The fourth-order valence-corrected chi connectivity index (χ4v) is 6.71. The molecule has 42 heavy (non-hydrogen) atoms. The molecule has 0 unspecified atom stereocenters. The molecule has 0 radical (unpaired) electrons. The first kappa shape index (κ1) is 28.3. The number of anilines is 3. The number of aryl methyl sites for hydroxylation is 1. The van der Waals surface area contributed by atoms with E-state index in [-0.39, 0.29) is 28.3 Å². The second kappa shape index (κ2) is 11.8. The van der Waals surface area contributed by atoms with Crippen molar-refractivity contribution in [3.05, 3.63) is 81.4 Å². The third-order valence-electron chi connectivity index (χ3n) is 8.96. The molecule has 1 atom stereocenters. The number of rotatable bonds is 7. The SMILES string of the molecule is CC(=O)c1c(C)c2cnc(Nc3ccc(C4CCN(c5ccc([C@H](C)Cl)cc5)CC4)cn3)nc2n(C2CCCC2)c1=O. The van der Waals surface area contributed by atoms with Crippen LogP contribution >= 0.6 is 11.6 Å². The highest BCUT2D eigenvalue weighted by Gasteiger charge is 2.26. The van der Waals surface area contributed by atoms with Gasteiger partial charge < -0.3 is 10.2 Å². The van der Waals surface area contributed by atoms with Gasteiger partial charge in [0.2, 0.25) is 5.95 Å². The Morgan fingerprint density at radius 2 is 1.71 bits per heavy atom. The van der Waals surface area contributed by atoms with Gasteiger partial charge in [0.05, 0.1) is 10.9 Å². The molecule has 9 heteroatoms. The summed E-state index contributed by atoms with van der Waals surface area (Å²) in [6.45, 7) is 7.25. The number of alkyl halides is 1. The van der Waals surface area contributed by atoms with Gasteiger partial charge in [-0.1, -0.05) is 31.0 Å². The van der Waals surface area contributed by atoms with E-state index < -0.39 is 0 Å². The number of halogens is 1. The zero-order valence-corrected chi connectivity index (χ0v) is 25.2. The van der Waals surface area contributed by atoms with E-state index in [1.54, 1.807) is 17.7 Å². The van der Waals surface area contributed by atoms with Crippen LogP contribution in [0.4, 0.5) is 17.5 Å². The molecule has 1 N–H and O–H groups in total. The molecule has 0 amide bonds. The highest BCUT2D eigenvalue weighted by molar-refractivity contribution is 6.20. The Morgan fingerprint density at radius 1 is 1.00 bits per heavy atom. The lowest BCUT2D eigenvalue weighted by atomic mass is 9.90. The predicted molar refractivity (Wildman–Crippen MR) is 168 cm³/mol. The molecule has 4 aromatic rings. The fourth-order valence-electron chi connectivity index (χ4n) is 6.57. The Labute approximate surface area is 251 Å². The number of hydrogen-bond acceptors (Lipinski definition) is 7. The van der Waals surface area contributed by atoms with Gasteiger partial charge in [-0.2, -0.15) is 4.98 Å². The molecule has 218 valence electrons. The largest absolute Gasteiger partial charge is 0.371 e. The summed E-state index contributed by atoms with van der Waals surface area (Å²) < 4.78 is 1.73. The lowest BCUT2D eigenvalue weighted by Gasteiger charge is -2.34. The van der Waals surface area contributed by atoms with Gasteiger partial charge in [-0.15, -0.1) is 11.6 Å². The van der Waals surface area contributed by atoms with E-state index in [1.165, 1.54) is 18.2 Å². The van der Waals surface area contributed by atoms with Crippen LogP contribution in [0.15, 0.2) is 53.6 Å². The Kier molecular flexibility index (Phi) is 7.99. The molecule has 0 spiro atoms. The third kappa shape index (κ3) is 5.52. The lowest BCUT2D eigenvalue weighted by molar-refractivity contribution is 0.101. The Balaban J connectivity index is 1.18. The summed E-state index contributed by atoms with van der Waals surface area (Å²) in [6.07, 6.45) is 9.73. The lowest BCUT2D eigenvalue weighted by Crippen LogP contribution is -2.32. The number of aromatic nitrogens is 4. The first-order chi connectivity index (χ1) is 20.3. The van der Waals surface area contributed by atoms with Crippen LogP contribution in [0.1, 0.15) is 96.8 Å². The van der Waals surface area contributed by atoms with Gasteiger partial charge in [-0.25, -0.2) is 9.97 Å². The highest BCUT2D eigenvalue weighted by atomic mass is 35.5. The number of Topliss-reactive ketones (excluding diaryl/α,β-unsaturated/α-hetero) is 1. The first-order valence-electron chi connectivity index (χ1n) is 14.9. The normalized spacial score (nSPS) is 17.1. The molecule has 2 fully saturated rings. The predicted octanol–water partition coefficient (Wildman–Crippen LogP) is 7.24. The van der Waals surface area contributed by atoms with E-state index in [4.69, 9.17) is 16.6 Å². The van der Waals surface area contributed by atoms with Crippen molar-refractivity contribution in [3.63, 3.8) is 0 Å². The number of nitrogens with one attached hydrogen (secondary N) is 1. The van der Waals surface area contributed by atoms with E-state index in [1.807, 2.05) is 19.2 Å². The van der Waals surface area contributed by atoms with Crippen LogP contribution in [0.5, 0.6) is 0 Å². The van der Waals surface area contributed by atoms with E-state index in [0.717, 1.165) is 62.6 Å². The van der Waals surface area contributed by atoms with Crippen molar-refractivity contribution in [1.82, 2.24) is 19.5 Å². The van der Waals surface area contributed by atoms with Crippen molar-refractivity contribution in [2.75, 3.05) is 23.3 Å². The van der Waals surface area contributed by atoms with Crippen molar-refractivity contribution in [2.45, 2.75) is 76.6 Å². The molecule has 1 saturated carbocycles. The molecule has 1 aliphatic carbocycles. The third-order valence-corrected chi connectivity index (χ3v) is 9.21. The van der Waals surface area contributed by atoms with Crippen molar-refractivity contribution in [2.24, 2.45) is 0 Å². The number of benzene rings is 1. The summed E-state index contributed by atoms with van der Waals surface area (Å²) >= 11 is 6.21. The Bertz CT molecular complexity index is 1650. The maximum absolute atomic E-state index is 13.5. The standard InChI is InChI=1S/C33H37ClN6O2/c1-20-28-19-36-33(38-31(28)40(27-6-4-5-7-27)32(42)30(20)22(3)41)37-29-13-10-25(18-35-29)24-14-16-39(17-15-24)26-11-8-23(9-12-26)21(2)34/h8-13,18-19,21,24,27H,4-7,14-17H2,1-3H3,(H,35,36,37,38)/t21-/m0/s1. The van der Waals surface area contributed by atoms with Crippen molar-refractivity contribution in [1.29, 1.82) is 0 Å². The molecule has 8 nitrogen and oxygen atoms in total. The topological polar surface area (TPSA) is 93.0 Å². The zero-order chi connectivity index (χ0) is 29.4. The van der Waals surface area contributed by atoms with E-state index in [2.05, 4.69) is 50.5 Å². The van der Waals surface area contributed by atoms with E-state index >= 15 is 0 Å². The summed E-state index contributed by atoms with van der Waals surface area (Å²) in [6, 6.07) is 12.7. The van der Waals surface area contributed by atoms with Crippen LogP contribution < -0.4 is 15.8 Å². The Morgan fingerprint density at radius 3 is 2.33 bits per heavy atom. The van der Waals surface area contributed by atoms with Crippen molar-refractivity contribution in [3.8, 4) is 0 Å². The number of pyridine rings is 2. The molecule has 2 aliphatic rings. The monoisotopic (exact) mass is 584 g/mol. The highest BCUT2D eigenvalue weighted by Crippen LogP contribution is 2.33. The van der Waals surface area contributed by atoms with Crippen LogP contribution in [-0.2, 0) is 0 Å². The first-order valence-corrected chi connectivity index (χ1v) is 15.4. The van der Waals surface area contributed by atoms with Gasteiger partial charge in [-0.05, 0) is 87.3 Å². The van der Waals surface area contributed by atoms with Crippen LogP contribution in [0.25, 0.3) is 11.0 Å². The smallest absolute Gasteiger partial charge is 0.263 e. The van der Waals surface area contributed by atoms with Gasteiger partial charge in [0.15, 0.2) is 5.78 Å². The Hall–Kier alpha value is -3.78. The average Bonchev–Trinajstić information content (AvgIpc) is 3.52. The number of hydrogen-bond donors (Lipinski definition) is 1. The van der Waals surface area contributed by atoms with Crippen molar-refractivity contribution >= 4 is 45.9 Å². The van der Waals surface area contributed by atoms with Crippen LogP contribution in [0, 0.1) is 6.92 Å². The second-order valence-corrected chi connectivity index (χ2v) is 12.3. The number of fused-ring (bicyclic) bond motifs is 1. The fraction of sp³-hybridized carbons (Fsp3) is 0.424. The minimum Gasteiger partial charge on any atom is -0.371 e. The van der Waals surface area contributed by atoms with E-state index in [0.29, 0.717) is 28.9 Å². The van der Waals surface area contributed by atoms with Gasteiger partial charge in [0.25, 0.3) is 5.56 Å². The van der Waals surface area contributed by atoms with Gasteiger partial charge in [-0.3, -0.25) is 14.2 Å². The molecule has 1 saturated heterocycles. The molecule has 3 aromatic heterocycles. The van der Waals surface area contributed by atoms with Crippen LogP contribution in [0.2, 0.25) is 0 Å². The number of ketones is 1. The molecular weight excluding hydrogens is 548 g/mol. The number of carbonyl (C=O) groups excluding carboxylic acids is 1. The molecule has 0 bridgehead atoms. The molecule has 1 aliphatic heterocycles. The van der Waals surface area contributed by atoms with Crippen LogP contribution in [0.3, 0.4) is 0 Å². The summed E-state index contributed by atoms with van der Waals surface area (Å²) in [7, 11) is 0. The summed E-state index contributed by atoms with van der Waals surface area (Å²) in [5, 5.41) is 3.98. The minimum atomic E-state index is -0.251. The van der Waals surface area contributed by atoms with Crippen molar-refractivity contribution < 1.29 is 4.79 Å².